The van der Waals surface area contributed by atoms with Crippen LogP contribution < -0.4 is 10.1 Å². The number of aliphatic hydroxyl groups is 1. The fourth-order valence-corrected chi connectivity index (χ4v) is 2.82. The Balaban J connectivity index is 1.93. The number of rotatable bonds is 5. The van der Waals surface area contributed by atoms with Crippen LogP contribution in [0.15, 0.2) is 24.3 Å². The normalized spacial score (nSPS) is 24.6. The molecule has 1 saturated carbocycles. The summed E-state index contributed by atoms with van der Waals surface area (Å²) in [5, 5.41) is 13.2. The van der Waals surface area contributed by atoms with E-state index in [2.05, 4.69) is 30.4 Å². The number of hydrogen-bond donors (Lipinski definition) is 2. The maximum Gasteiger partial charge on any atom is 0.120 e. The van der Waals surface area contributed by atoms with Crippen LogP contribution in [0.2, 0.25) is 0 Å². The van der Waals surface area contributed by atoms with Crippen LogP contribution in [0, 0.1) is 0 Å². The lowest BCUT2D eigenvalue weighted by molar-refractivity contribution is 0.114. The Morgan fingerprint density at radius 1 is 1.15 bits per heavy atom. The minimum atomic E-state index is -0.0916. The van der Waals surface area contributed by atoms with Gasteiger partial charge in [0.1, 0.15) is 5.75 Å². The molecule has 1 aromatic rings. The molecular weight excluding hydrogens is 250 g/mol. The van der Waals surface area contributed by atoms with Gasteiger partial charge in [-0.25, -0.2) is 0 Å². The number of aliphatic hydroxyl groups excluding tert-OH is 1. The Bertz CT molecular complexity index is 411. The van der Waals surface area contributed by atoms with E-state index in [9.17, 15) is 5.11 Å². The van der Waals surface area contributed by atoms with E-state index in [-0.39, 0.29) is 12.2 Å². The molecule has 0 spiro atoms. The first-order chi connectivity index (χ1) is 9.54. The molecule has 1 atom stereocenters. The molecule has 1 unspecified atom stereocenters. The van der Waals surface area contributed by atoms with Crippen molar-refractivity contribution in [1.29, 1.82) is 0 Å². The first kappa shape index (κ1) is 15.3. The van der Waals surface area contributed by atoms with Crippen molar-refractivity contribution in [3.8, 4) is 5.75 Å². The number of hydrogen-bond acceptors (Lipinski definition) is 3. The van der Waals surface area contributed by atoms with Crippen LogP contribution in [-0.4, -0.2) is 23.4 Å². The summed E-state index contributed by atoms with van der Waals surface area (Å²) < 4.78 is 5.75. The largest absolute Gasteiger partial charge is 0.491 e. The fraction of sp³-hybridized carbons (Fsp3) is 0.647. The highest BCUT2D eigenvalue weighted by Gasteiger charge is 2.21. The van der Waals surface area contributed by atoms with Gasteiger partial charge in [0.05, 0.1) is 12.2 Å². The number of ether oxygens (including phenoxy) is 1. The highest BCUT2D eigenvalue weighted by atomic mass is 16.5. The van der Waals surface area contributed by atoms with E-state index in [4.69, 9.17) is 4.74 Å². The highest BCUT2D eigenvalue weighted by molar-refractivity contribution is 5.30. The average molecular weight is 277 g/mol. The first-order valence-electron chi connectivity index (χ1n) is 7.75. The standard InChI is InChI=1S/C17H27NO2/c1-12(2)20-17-6-4-5-14(11-17)13(3)18-15-7-9-16(19)10-8-15/h4-6,11-13,15-16,18-19H,7-10H2,1-3H3. The van der Waals surface area contributed by atoms with Gasteiger partial charge in [-0.1, -0.05) is 12.1 Å². The minimum Gasteiger partial charge on any atom is -0.491 e. The van der Waals surface area contributed by atoms with Gasteiger partial charge in [0.2, 0.25) is 0 Å². The Labute approximate surface area is 122 Å². The van der Waals surface area contributed by atoms with Gasteiger partial charge in [-0.2, -0.15) is 0 Å². The van der Waals surface area contributed by atoms with Crippen LogP contribution in [0.5, 0.6) is 5.75 Å². The van der Waals surface area contributed by atoms with Gasteiger partial charge < -0.3 is 15.2 Å². The lowest BCUT2D eigenvalue weighted by atomic mass is 9.92. The molecule has 0 radical (unpaired) electrons. The molecule has 112 valence electrons. The molecule has 0 heterocycles. The molecule has 0 aromatic heterocycles. The quantitative estimate of drug-likeness (QED) is 0.866. The van der Waals surface area contributed by atoms with Gasteiger partial charge in [0, 0.05) is 12.1 Å². The lowest BCUT2D eigenvalue weighted by Gasteiger charge is -2.29. The van der Waals surface area contributed by atoms with E-state index in [1.807, 2.05) is 19.9 Å². The molecule has 3 nitrogen and oxygen atoms in total. The zero-order valence-corrected chi connectivity index (χ0v) is 12.8. The van der Waals surface area contributed by atoms with Gasteiger partial charge in [0.15, 0.2) is 0 Å². The Kier molecular flexibility index (Phi) is 5.44. The average Bonchev–Trinajstić information content (AvgIpc) is 2.41. The van der Waals surface area contributed by atoms with E-state index in [0.717, 1.165) is 31.4 Å². The second-order valence-corrected chi connectivity index (χ2v) is 6.13. The lowest BCUT2D eigenvalue weighted by Crippen LogP contribution is -2.36. The highest BCUT2D eigenvalue weighted by Crippen LogP contribution is 2.24. The van der Waals surface area contributed by atoms with E-state index in [1.54, 1.807) is 0 Å². The first-order valence-corrected chi connectivity index (χ1v) is 7.75. The van der Waals surface area contributed by atoms with Crippen molar-refractivity contribution in [3.05, 3.63) is 29.8 Å². The Hall–Kier alpha value is -1.06. The summed E-state index contributed by atoms with van der Waals surface area (Å²) in [7, 11) is 0. The summed E-state index contributed by atoms with van der Waals surface area (Å²) in [6.45, 7) is 6.28. The van der Waals surface area contributed by atoms with Crippen molar-refractivity contribution < 1.29 is 9.84 Å². The van der Waals surface area contributed by atoms with Crippen LogP contribution in [0.4, 0.5) is 0 Å². The van der Waals surface area contributed by atoms with E-state index < -0.39 is 0 Å². The third kappa shape index (κ3) is 4.50. The molecule has 1 aliphatic rings. The van der Waals surface area contributed by atoms with Crippen molar-refractivity contribution in [2.24, 2.45) is 0 Å². The predicted molar refractivity (Wildman–Crippen MR) is 82.0 cm³/mol. The molecule has 20 heavy (non-hydrogen) atoms. The van der Waals surface area contributed by atoms with Gasteiger partial charge >= 0.3 is 0 Å². The minimum absolute atomic E-state index is 0.0916. The van der Waals surface area contributed by atoms with Gasteiger partial charge in [-0.15, -0.1) is 0 Å². The van der Waals surface area contributed by atoms with Crippen LogP contribution in [-0.2, 0) is 0 Å². The van der Waals surface area contributed by atoms with Crippen molar-refractivity contribution >= 4 is 0 Å². The van der Waals surface area contributed by atoms with Crippen LogP contribution in [0.3, 0.4) is 0 Å². The molecule has 0 bridgehead atoms. The van der Waals surface area contributed by atoms with Gasteiger partial charge in [-0.05, 0) is 64.2 Å². The van der Waals surface area contributed by atoms with Crippen LogP contribution in [0.25, 0.3) is 0 Å². The van der Waals surface area contributed by atoms with E-state index >= 15 is 0 Å². The van der Waals surface area contributed by atoms with Crippen molar-refractivity contribution in [1.82, 2.24) is 5.32 Å². The number of benzene rings is 1. The zero-order chi connectivity index (χ0) is 14.5. The summed E-state index contributed by atoms with van der Waals surface area (Å²) in [4.78, 5) is 0. The molecule has 1 aromatic carbocycles. The summed E-state index contributed by atoms with van der Waals surface area (Å²) in [6, 6.07) is 9.15. The third-order valence-corrected chi connectivity index (χ3v) is 3.91. The zero-order valence-electron chi connectivity index (χ0n) is 12.8. The van der Waals surface area contributed by atoms with E-state index in [1.165, 1.54) is 5.56 Å². The summed E-state index contributed by atoms with van der Waals surface area (Å²) in [5.74, 6) is 0.935. The second-order valence-electron chi connectivity index (χ2n) is 6.13. The summed E-state index contributed by atoms with van der Waals surface area (Å²) >= 11 is 0. The molecule has 2 rings (SSSR count). The second kappa shape index (κ2) is 7.09. The van der Waals surface area contributed by atoms with Crippen molar-refractivity contribution in [2.45, 2.75) is 70.7 Å². The summed E-state index contributed by atoms with van der Waals surface area (Å²) in [6.07, 6.45) is 4.07. The number of nitrogens with one attached hydrogen (secondary N) is 1. The molecular formula is C17H27NO2. The Morgan fingerprint density at radius 2 is 1.85 bits per heavy atom. The fourth-order valence-electron chi connectivity index (χ4n) is 2.82. The third-order valence-electron chi connectivity index (χ3n) is 3.91. The molecule has 3 heteroatoms. The maximum atomic E-state index is 9.55. The van der Waals surface area contributed by atoms with Crippen LogP contribution >= 0.6 is 0 Å². The van der Waals surface area contributed by atoms with E-state index in [0.29, 0.717) is 12.1 Å². The predicted octanol–water partition coefficient (Wildman–Crippen LogP) is 3.43. The van der Waals surface area contributed by atoms with Crippen LogP contribution in [0.1, 0.15) is 58.1 Å². The molecule has 0 saturated heterocycles. The topological polar surface area (TPSA) is 41.5 Å². The molecule has 1 fully saturated rings. The monoisotopic (exact) mass is 277 g/mol. The maximum absolute atomic E-state index is 9.55. The van der Waals surface area contributed by atoms with Crippen molar-refractivity contribution in [2.75, 3.05) is 0 Å². The molecule has 1 aliphatic carbocycles. The molecule has 0 aliphatic heterocycles. The Morgan fingerprint density at radius 3 is 2.50 bits per heavy atom. The SMILES string of the molecule is CC(C)Oc1cccc(C(C)NC2CCC(O)CC2)c1. The molecule has 2 N–H and O–H groups in total. The summed E-state index contributed by atoms with van der Waals surface area (Å²) in [5.41, 5.74) is 1.26. The molecule has 0 amide bonds. The van der Waals surface area contributed by atoms with Crippen molar-refractivity contribution in [3.63, 3.8) is 0 Å². The van der Waals surface area contributed by atoms with Gasteiger partial charge in [-0.3, -0.25) is 0 Å². The smallest absolute Gasteiger partial charge is 0.120 e. The van der Waals surface area contributed by atoms with Gasteiger partial charge in [0.25, 0.3) is 0 Å².